The summed E-state index contributed by atoms with van der Waals surface area (Å²) in [5.74, 6) is 0.926. The molecule has 0 amide bonds. The molecule has 0 radical (unpaired) electrons. The van der Waals surface area contributed by atoms with Gasteiger partial charge in [-0.3, -0.25) is 0 Å². The molecule has 94 valence electrons. The van der Waals surface area contributed by atoms with Gasteiger partial charge < -0.3 is 10.5 Å². The first-order valence-corrected chi connectivity index (χ1v) is 7.99. The van der Waals surface area contributed by atoms with E-state index in [2.05, 4.69) is 0 Å². The molecule has 0 aromatic heterocycles. The highest BCUT2D eigenvalue weighted by atomic mass is 32.2. The zero-order chi connectivity index (χ0) is 11.6. The van der Waals surface area contributed by atoms with Crippen LogP contribution >= 0.6 is 0 Å². The fraction of sp³-hybridized carbons (Fsp3) is 1.00. The van der Waals surface area contributed by atoms with Crippen molar-refractivity contribution in [1.29, 1.82) is 0 Å². The third-order valence-corrected chi connectivity index (χ3v) is 5.44. The number of rotatable bonds is 3. The van der Waals surface area contributed by atoms with Crippen LogP contribution in [0.15, 0.2) is 0 Å². The van der Waals surface area contributed by atoms with Gasteiger partial charge in [-0.15, -0.1) is 0 Å². The lowest BCUT2D eigenvalue weighted by Gasteiger charge is -2.32. The van der Waals surface area contributed by atoms with Crippen molar-refractivity contribution in [2.24, 2.45) is 11.7 Å². The van der Waals surface area contributed by atoms with Gasteiger partial charge in [0.25, 0.3) is 0 Å². The molecular weight excluding hydrogens is 226 g/mol. The van der Waals surface area contributed by atoms with E-state index in [0.29, 0.717) is 18.9 Å². The molecule has 1 saturated heterocycles. The highest BCUT2D eigenvalue weighted by Crippen LogP contribution is 2.29. The molecular formula is C11H21NO3S. The van der Waals surface area contributed by atoms with Gasteiger partial charge in [0.15, 0.2) is 9.84 Å². The molecule has 0 aromatic rings. The van der Waals surface area contributed by atoms with Gasteiger partial charge in [0.05, 0.1) is 23.7 Å². The summed E-state index contributed by atoms with van der Waals surface area (Å²) in [4.78, 5) is 0. The zero-order valence-electron chi connectivity index (χ0n) is 9.60. The first-order chi connectivity index (χ1) is 7.61. The van der Waals surface area contributed by atoms with Crippen molar-refractivity contribution in [3.05, 3.63) is 0 Å². The Morgan fingerprint density at radius 2 is 1.94 bits per heavy atom. The molecule has 0 aromatic carbocycles. The summed E-state index contributed by atoms with van der Waals surface area (Å²) in [7, 11) is -2.83. The Kier molecular flexibility index (Phi) is 3.87. The van der Waals surface area contributed by atoms with Crippen molar-refractivity contribution in [1.82, 2.24) is 0 Å². The van der Waals surface area contributed by atoms with Gasteiger partial charge in [0, 0.05) is 0 Å². The van der Waals surface area contributed by atoms with Crippen molar-refractivity contribution in [3.63, 3.8) is 0 Å². The van der Waals surface area contributed by atoms with Gasteiger partial charge in [-0.05, 0) is 31.7 Å². The summed E-state index contributed by atoms with van der Waals surface area (Å²) in [6.07, 6.45) is 5.35. The molecule has 2 aliphatic rings. The minimum Gasteiger partial charge on any atom is -0.374 e. The monoisotopic (exact) mass is 247 g/mol. The first-order valence-electron chi connectivity index (χ1n) is 6.16. The second-order valence-corrected chi connectivity index (χ2v) is 7.21. The van der Waals surface area contributed by atoms with Crippen LogP contribution in [0.1, 0.15) is 32.1 Å². The van der Waals surface area contributed by atoms with Gasteiger partial charge in [-0.2, -0.15) is 0 Å². The van der Waals surface area contributed by atoms with Gasteiger partial charge in [-0.25, -0.2) is 8.42 Å². The van der Waals surface area contributed by atoms with Crippen LogP contribution in [0.5, 0.6) is 0 Å². The fourth-order valence-corrected chi connectivity index (χ4v) is 4.34. The molecule has 3 unspecified atom stereocenters. The zero-order valence-corrected chi connectivity index (χ0v) is 10.4. The van der Waals surface area contributed by atoms with Gasteiger partial charge >= 0.3 is 0 Å². The van der Waals surface area contributed by atoms with Crippen molar-refractivity contribution in [3.8, 4) is 0 Å². The average Bonchev–Trinajstić information content (AvgIpc) is 2.59. The second kappa shape index (κ2) is 5.02. The van der Waals surface area contributed by atoms with Gasteiger partial charge in [-0.1, -0.05) is 12.8 Å². The van der Waals surface area contributed by atoms with Crippen LogP contribution in [0.2, 0.25) is 0 Å². The lowest BCUT2D eigenvalue weighted by molar-refractivity contribution is -0.0466. The highest BCUT2D eigenvalue weighted by molar-refractivity contribution is 7.91. The number of nitrogens with two attached hydrogens (primary N) is 1. The van der Waals surface area contributed by atoms with Crippen LogP contribution in [0.3, 0.4) is 0 Å². The van der Waals surface area contributed by atoms with E-state index in [1.165, 1.54) is 12.8 Å². The Labute approximate surface area is 97.5 Å². The molecule has 2 rings (SSSR count). The van der Waals surface area contributed by atoms with E-state index in [1.807, 2.05) is 0 Å². The molecule has 16 heavy (non-hydrogen) atoms. The van der Waals surface area contributed by atoms with E-state index in [0.717, 1.165) is 12.8 Å². The van der Waals surface area contributed by atoms with Crippen LogP contribution in [-0.4, -0.2) is 38.7 Å². The smallest absolute Gasteiger partial charge is 0.152 e. The second-order valence-electron chi connectivity index (χ2n) is 4.98. The van der Waals surface area contributed by atoms with Crippen LogP contribution in [-0.2, 0) is 14.6 Å². The third kappa shape index (κ3) is 2.96. The summed E-state index contributed by atoms with van der Waals surface area (Å²) in [6, 6.07) is 0. The maximum absolute atomic E-state index is 11.3. The van der Waals surface area contributed by atoms with Gasteiger partial charge in [0.1, 0.15) is 0 Å². The topological polar surface area (TPSA) is 69.4 Å². The standard InChI is InChI=1S/C11H21NO3S/c12-7-9-3-1-2-4-11(9)15-10-5-6-16(13,14)8-10/h9-11H,1-8,12H2. The fourth-order valence-electron chi connectivity index (χ4n) is 2.74. The van der Waals surface area contributed by atoms with Crippen molar-refractivity contribution < 1.29 is 13.2 Å². The lowest BCUT2D eigenvalue weighted by atomic mass is 9.86. The maximum Gasteiger partial charge on any atom is 0.152 e. The summed E-state index contributed by atoms with van der Waals surface area (Å²) in [5, 5.41) is 0. The summed E-state index contributed by atoms with van der Waals surface area (Å²) >= 11 is 0. The Morgan fingerprint density at radius 3 is 2.56 bits per heavy atom. The number of hydrogen-bond donors (Lipinski definition) is 1. The number of ether oxygens (including phenoxy) is 1. The Hall–Kier alpha value is -0.130. The average molecular weight is 247 g/mol. The molecule has 2 fully saturated rings. The van der Waals surface area contributed by atoms with Crippen LogP contribution < -0.4 is 5.73 Å². The minimum atomic E-state index is -2.83. The lowest BCUT2D eigenvalue weighted by Crippen LogP contribution is -2.36. The quantitative estimate of drug-likeness (QED) is 0.797. The van der Waals surface area contributed by atoms with E-state index in [-0.39, 0.29) is 23.7 Å². The molecule has 1 heterocycles. The molecule has 4 nitrogen and oxygen atoms in total. The molecule has 2 N–H and O–H groups in total. The van der Waals surface area contributed by atoms with E-state index in [4.69, 9.17) is 10.5 Å². The molecule has 3 atom stereocenters. The predicted molar refractivity (Wildman–Crippen MR) is 62.9 cm³/mol. The largest absolute Gasteiger partial charge is 0.374 e. The number of sulfone groups is 1. The maximum atomic E-state index is 11.3. The van der Waals surface area contributed by atoms with Gasteiger partial charge in [0.2, 0.25) is 0 Å². The molecule has 0 bridgehead atoms. The molecule has 1 saturated carbocycles. The van der Waals surface area contributed by atoms with E-state index >= 15 is 0 Å². The molecule has 1 aliphatic heterocycles. The summed E-state index contributed by atoms with van der Waals surface area (Å²) in [6.45, 7) is 0.657. The van der Waals surface area contributed by atoms with Crippen molar-refractivity contribution >= 4 is 9.84 Å². The first kappa shape index (κ1) is 12.3. The highest BCUT2D eigenvalue weighted by Gasteiger charge is 2.33. The normalized spacial score (nSPS) is 38.7. The van der Waals surface area contributed by atoms with Crippen LogP contribution in [0.4, 0.5) is 0 Å². The summed E-state index contributed by atoms with van der Waals surface area (Å²) < 4.78 is 28.6. The number of hydrogen-bond acceptors (Lipinski definition) is 4. The Bertz CT molecular complexity index is 328. The van der Waals surface area contributed by atoms with Crippen LogP contribution in [0, 0.1) is 5.92 Å². The van der Waals surface area contributed by atoms with E-state index < -0.39 is 9.84 Å². The van der Waals surface area contributed by atoms with E-state index in [9.17, 15) is 8.42 Å². The molecule has 1 aliphatic carbocycles. The van der Waals surface area contributed by atoms with E-state index in [1.54, 1.807) is 0 Å². The van der Waals surface area contributed by atoms with Crippen molar-refractivity contribution in [2.75, 3.05) is 18.1 Å². The molecule has 0 spiro atoms. The Balaban J connectivity index is 1.88. The summed E-state index contributed by atoms with van der Waals surface area (Å²) in [5.41, 5.74) is 5.72. The SMILES string of the molecule is NCC1CCCCC1OC1CCS(=O)(=O)C1. The van der Waals surface area contributed by atoms with Crippen molar-refractivity contribution in [2.45, 2.75) is 44.3 Å². The molecule has 5 heteroatoms. The predicted octanol–water partition coefficient (Wildman–Crippen LogP) is 0.708. The van der Waals surface area contributed by atoms with Crippen LogP contribution in [0.25, 0.3) is 0 Å². The minimum absolute atomic E-state index is 0.0813. The third-order valence-electron chi connectivity index (χ3n) is 3.70. The Morgan fingerprint density at radius 1 is 1.19 bits per heavy atom.